The van der Waals surface area contributed by atoms with E-state index in [1.165, 1.54) is 13.3 Å². The first-order chi connectivity index (χ1) is 6.79. The van der Waals surface area contributed by atoms with Crippen LogP contribution in [0.5, 0.6) is 0 Å². The molecule has 1 rings (SSSR count). The lowest BCUT2D eigenvalue weighted by atomic mass is 10.4. The molecule has 0 spiro atoms. The molecule has 0 aromatic rings. The molecule has 0 saturated carbocycles. The number of halogens is 1. The molecule has 1 aliphatic rings. The molecular formula is C6H10ClNO7. The zero-order valence-electron chi connectivity index (χ0n) is 7.80. The van der Waals surface area contributed by atoms with Crippen molar-refractivity contribution in [1.29, 1.82) is 0 Å². The average molecular weight is 244 g/mol. The molecule has 0 bridgehead atoms. The maximum atomic E-state index is 10.4. The number of hydrogen-bond acceptors (Lipinski definition) is 7. The Labute approximate surface area is 87.5 Å². The van der Waals surface area contributed by atoms with E-state index in [0.29, 0.717) is 6.42 Å². The summed E-state index contributed by atoms with van der Waals surface area (Å²) < 4.78 is 43.6. The number of esters is 1. The molecule has 0 aliphatic carbocycles. The Morgan fingerprint density at radius 2 is 2.07 bits per heavy atom. The normalized spacial score (nSPS) is 19.7. The van der Waals surface area contributed by atoms with Crippen molar-refractivity contribution in [2.75, 3.05) is 6.54 Å². The standard InChI is InChI=1S/C6H9NO3.ClHO4/c1-5(8)10-6-2-3-7-4-9-6;2-1(3,4)5/h4,6H,2-3H2,1H3;(H,2,3,4,5). The fraction of sp³-hybridized carbons (Fsp3) is 0.667. The first kappa shape index (κ1) is 14.1. The van der Waals surface area contributed by atoms with E-state index in [9.17, 15) is 4.79 Å². The van der Waals surface area contributed by atoms with Crippen molar-refractivity contribution in [2.45, 2.75) is 19.6 Å². The molecule has 0 fully saturated rings. The van der Waals surface area contributed by atoms with Crippen molar-refractivity contribution in [3.05, 3.63) is 0 Å². The summed E-state index contributed by atoms with van der Waals surface area (Å²) in [7, 11) is -4.94. The maximum Gasteiger partial charge on any atom is 0.325 e. The summed E-state index contributed by atoms with van der Waals surface area (Å²) in [4.78, 5) is 13.2. The van der Waals surface area contributed by atoms with Gasteiger partial charge >= 0.3 is 12.4 Å². The van der Waals surface area contributed by atoms with Crippen molar-refractivity contribution >= 4 is 12.4 Å². The van der Waals surface area contributed by atoms with Gasteiger partial charge in [0.15, 0.2) is 6.54 Å². The van der Waals surface area contributed by atoms with Crippen molar-refractivity contribution in [1.82, 2.24) is 0 Å². The van der Waals surface area contributed by atoms with Crippen LogP contribution in [0.4, 0.5) is 0 Å². The molecule has 88 valence electrons. The van der Waals surface area contributed by atoms with Gasteiger partial charge in [0.25, 0.3) is 6.29 Å². The van der Waals surface area contributed by atoms with E-state index >= 15 is 0 Å². The van der Waals surface area contributed by atoms with E-state index in [0.717, 1.165) is 6.54 Å². The zero-order chi connectivity index (χ0) is 11.9. The summed E-state index contributed by atoms with van der Waals surface area (Å²) in [6, 6.07) is 0. The number of rotatable bonds is 1. The van der Waals surface area contributed by atoms with Gasteiger partial charge in [-0.2, -0.15) is 0 Å². The first-order valence-electron chi connectivity index (χ1n) is 3.78. The van der Waals surface area contributed by atoms with Gasteiger partial charge in [-0.05, 0) is 0 Å². The topological polar surface area (TPSA) is 142 Å². The highest BCUT2D eigenvalue weighted by atomic mass is 35.7. The minimum Gasteiger partial charge on any atom is -0.425 e. The van der Waals surface area contributed by atoms with E-state index in [-0.39, 0.29) is 5.97 Å². The average Bonchev–Trinajstić information content (AvgIpc) is 2.01. The van der Waals surface area contributed by atoms with Crippen LogP contribution in [0.3, 0.4) is 0 Å². The molecule has 15 heavy (non-hydrogen) atoms. The molecule has 0 saturated heterocycles. The quantitative estimate of drug-likeness (QED) is 0.451. The Balaban J connectivity index is 0.000000336. The molecule has 1 unspecified atom stereocenters. The van der Waals surface area contributed by atoms with Crippen LogP contribution in [0, 0.1) is 10.2 Å². The smallest absolute Gasteiger partial charge is 0.325 e. The third-order valence-corrected chi connectivity index (χ3v) is 1.12. The highest BCUT2D eigenvalue weighted by Crippen LogP contribution is 1.98. The summed E-state index contributed by atoms with van der Waals surface area (Å²) in [6.07, 6.45) is 1.76. The van der Waals surface area contributed by atoms with Crippen LogP contribution >= 0.6 is 0 Å². The van der Waals surface area contributed by atoms with E-state index in [1.54, 1.807) is 0 Å². The summed E-state index contributed by atoms with van der Waals surface area (Å²) in [6.45, 7) is 2.16. The van der Waals surface area contributed by atoms with Crippen LogP contribution in [0.25, 0.3) is 0 Å². The second-order valence-corrected chi connectivity index (χ2v) is 3.17. The van der Waals surface area contributed by atoms with Crippen LogP contribution in [-0.4, -0.2) is 25.2 Å². The van der Waals surface area contributed by atoms with Crippen LogP contribution in [-0.2, 0) is 14.3 Å². The molecule has 0 aromatic heterocycles. The molecule has 0 aromatic carbocycles. The number of nitrogens with one attached hydrogen (secondary N) is 1. The summed E-state index contributed by atoms with van der Waals surface area (Å²) in [5, 5.41) is 0. The molecule has 1 aliphatic heterocycles. The lowest BCUT2D eigenvalue weighted by Crippen LogP contribution is -2.72. The van der Waals surface area contributed by atoms with Gasteiger partial charge in [-0.15, -0.1) is 10.2 Å². The minimum absolute atomic E-state index is 0.305. The molecule has 1 N–H and O–H groups in total. The van der Waals surface area contributed by atoms with Crippen LogP contribution in [0.2, 0.25) is 0 Å². The Morgan fingerprint density at radius 3 is 2.40 bits per heavy atom. The lowest BCUT2D eigenvalue weighted by Gasteiger charge is -2.17. The van der Waals surface area contributed by atoms with Crippen molar-refractivity contribution < 1.29 is 48.1 Å². The summed E-state index contributed by atoms with van der Waals surface area (Å²) in [5.74, 6) is -0.305. The number of carbonyl (C=O) groups excluding carboxylic acids is 1. The van der Waals surface area contributed by atoms with Crippen molar-refractivity contribution in [3.8, 4) is 0 Å². The first-order valence-corrected chi connectivity index (χ1v) is 5.02. The van der Waals surface area contributed by atoms with Gasteiger partial charge in [-0.1, -0.05) is 0 Å². The van der Waals surface area contributed by atoms with Gasteiger partial charge in [-0.3, -0.25) is 4.79 Å². The van der Waals surface area contributed by atoms with Gasteiger partial charge in [0.2, 0.25) is 0 Å². The Morgan fingerprint density at radius 1 is 1.53 bits per heavy atom. The number of carbonyl (C=O) groups is 1. The Kier molecular flexibility index (Phi) is 6.13. The number of hydrogen-bond donors (Lipinski definition) is 1. The van der Waals surface area contributed by atoms with Crippen molar-refractivity contribution in [2.24, 2.45) is 0 Å². The third-order valence-electron chi connectivity index (χ3n) is 1.12. The summed E-state index contributed by atoms with van der Waals surface area (Å²) in [5.41, 5.74) is 0. The van der Waals surface area contributed by atoms with Gasteiger partial charge < -0.3 is 9.47 Å². The maximum absolute atomic E-state index is 10.4. The van der Waals surface area contributed by atoms with Crippen LogP contribution in [0.15, 0.2) is 0 Å². The predicted octanol–water partition coefficient (Wildman–Crippen LogP) is -6.35. The monoisotopic (exact) mass is 243 g/mol. The second kappa shape index (κ2) is 6.53. The van der Waals surface area contributed by atoms with Crippen LogP contribution < -0.4 is 23.6 Å². The molecule has 1 heterocycles. The van der Waals surface area contributed by atoms with Gasteiger partial charge in [0, 0.05) is 6.92 Å². The molecule has 1 atom stereocenters. The van der Waals surface area contributed by atoms with Gasteiger partial charge in [0.1, 0.15) is 0 Å². The SMILES string of the molecule is CC(=O)OC1CC[NH+]=CO1.[O-][Cl+3]([O-])([O-])[O-]. The van der Waals surface area contributed by atoms with Gasteiger partial charge in [-0.25, -0.2) is 23.6 Å². The van der Waals surface area contributed by atoms with E-state index in [2.05, 4.69) is 4.99 Å². The fourth-order valence-electron chi connectivity index (χ4n) is 0.724. The largest absolute Gasteiger partial charge is 0.425 e. The minimum atomic E-state index is -4.94. The molecular weight excluding hydrogens is 234 g/mol. The third kappa shape index (κ3) is 13.1. The fourth-order valence-corrected chi connectivity index (χ4v) is 0.724. The Hall–Kier alpha value is -0.930. The second-order valence-electron chi connectivity index (χ2n) is 2.41. The molecule has 0 amide bonds. The molecule has 0 radical (unpaired) electrons. The van der Waals surface area contributed by atoms with E-state index in [4.69, 9.17) is 28.1 Å². The number of ether oxygens (including phenoxy) is 2. The Bertz CT molecular complexity index is 220. The predicted molar refractivity (Wildman–Crippen MR) is 33.1 cm³/mol. The molecule has 9 heteroatoms. The van der Waals surface area contributed by atoms with Gasteiger partial charge in [0.05, 0.1) is 6.42 Å². The highest BCUT2D eigenvalue weighted by molar-refractivity contribution is 5.66. The highest BCUT2D eigenvalue weighted by Gasteiger charge is 2.16. The van der Waals surface area contributed by atoms with E-state index < -0.39 is 16.5 Å². The zero-order valence-corrected chi connectivity index (χ0v) is 8.56. The van der Waals surface area contributed by atoms with Crippen LogP contribution in [0.1, 0.15) is 13.3 Å². The van der Waals surface area contributed by atoms with Crippen molar-refractivity contribution in [3.63, 3.8) is 0 Å². The molecule has 8 nitrogen and oxygen atoms in total. The summed E-state index contributed by atoms with van der Waals surface area (Å²) >= 11 is 0. The lowest BCUT2D eigenvalue weighted by molar-refractivity contribution is -2.00. The van der Waals surface area contributed by atoms with E-state index in [1.807, 2.05) is 0 Å².